The molecule has 0 radical (unpaired) electrons. The molecule has 1 aliphatic carbocycles. The summed E-state index contributed by atoms with van der Waals surface area (Å²) in [6, 6.07) is 9.13. The minimum atomic E-state index is -0.475. The van der Waals surface area contributed by atoms with Gasteiger partial charge in [0.15, 0.2) is 0 Å². The smallest absolute Gasteiger partial charge is 0.247 e. The summed E-state index contributed by atoms with van der Waals surface area (Å²) in [5.41, 5.74) is 1.12. The molecule has 1 N–H and O–H groups in total. The van der Waals surface area contributed by atoms with E-state index in [1.807, 2.05) is 30.3 Å². The van der Waals surface area contributed by atoms with Crippen molar-refractivity contribution in [1.82, 2.24) is 10.2 Å². The maximum Gasteiger partial charge on any atom is 0.247 e. The van der Waals surface area contributed by atoms with Gasteiger partial charge in [-0.3, -0.25) is 9.59 Å². The van der Waals surface area contributed by atoms with E-state index in [4.69, 9.17) is 0 Å². The van der Waals surface area contributed by atoms with Crippen LogP contribution in [0, 0.1) is 5.41 Å². The van der Waals surface area contributed by atoms with Gasteiger partial charge in [-0.1, -0.05) is 43.7 Å². The van der Waals surface area contributed by atoms with Gasteiger partial charge >= 0.3 is 0 Å². The van der Waals surface area contributed by atoms with Gasteiger partial charge in [0.1, 0.15) is 6.04 Å². The van der Waals surface area contributed by atoms with Crippen molar-refractivity contribution in [3.63, 3.8) is 0 Å². The second kappa shape index (κ2) is 5.51. The second-order valence-corrected chi connectivity index (χ2v) is 6.26. The van der Waals surface area contributed by atoms with E-state index in [0.29, 0.717) is 6.54 Å². The van der Waals surface area contributed by atoms with E-state index < -0.39 is 6.04 Å². The average Bonchev–Trinajstić information content (AvgIpc) is 2.47. The van der Waals surface area contributed by atoms with Gasteiger partial charge in [0.05, 0.1) is 6.54 Å². The van der Waals surface area contributed by atoms with Crippen molar-refractivity contribution in [1.29, 1.82) is 0 Å². The van der Waals surface area contributed by atoms with Crippen molar-refractivity contribution in [2.24, 2.45) is 5.41 Å². The van der Waals surface area contributed by atoms with Gasteiger partial charge in [-0.05, 0) is 30.2 Å². The number of carbonyl (C=O) groups is 2. The highest BCUT2D eigenvalue weighted by molar-refractivity contribution is 5.95. The zero-order chi connectivity index (χ0) is 14.9. The zero-order valence-electron chi connectivity index (χ0n) is 12.5. The number of rotatable bonds is 4. The Kier molecular flexibility index (Phi) is 3.70. The fourth-order valence-corrected chi connectivity index (χ4v) is 3.45. The van der Waals surface area contributed by atoms with Crippen LogP contribution in [0.15, 0.2) is 30.3 Å². The lowest BCUT2D eigenvalue weighted by Gasteiger charge is -2.47. The number of nitrogens with zero attached hydrogens (tertiary/aromatic N) is 1. The summed E-state index contributed by atoms with van der Waals surface area (Å²) < 4.78 is 0. The topological polar surface area (TPSA) is 49.4 Å². The largest absolute Gasteiger partial charge is 0.345 e. The van der Waals surface area contributed by atoms with E-state index in [0.717, 1.165) is 24.8 Å². The minimum Gasteiger partial charge on any atom is -0.345 e. The second-order valence-electron chi connectivity index (χ2n) is 6.26. The molecule has 21 heavy (non-hydrogen) atoms. The van der Waals surface area contributed by atoms with Crippen molar-refractivity contribution in [3.05, 3.63) is 35.9 Å². The average molecular weight is 286 g/mol. The first kappa shape index (κ1) is 14.1. The van der Waals surface area contributed by atoms with Crippen LogP contribution in [0.5, 0.6) is 0 Å². The van der Waals surface area contributed by atoms with E-state index in [1.54, 1.807) is 4.90 Å². The predicted octanol–water partition coefficient (Wildman–Crippen LogP) is 2.27. The van der Waals surface area contributed by atoms with Crippen molar-refractivity contribution >= 4 is 11.8 Å². The summed E-state index contributed by atoms with van der Waals surface area (Å²) in [5.74, 6) is -0.0328. The Morgan fingerprint density at radius 1 is 1.24 bits per heavy atom. The molecule has 112 valence electrons. The molecule has 2 aliphatic rings. The summed E-state index contributed by atoms with van der Waals surface area (Å²) >= 11 is 0. The lowest BCUT2D eigenvalue weighted by Crippen LogP contribution is -2.57. The van der Waals surface area contributed by atoms with Gasteiger partial charge in [-0.15, -0.1) is 0 Å². The van der Waals surface area contributed by atoms with E-state index in [-0.39, 0.29) is 23.8 Å². The molecule has 3 rings (SSSR count). The molecule has 0 aromatic heterocycles. The summed E-state index contributed by atoms with van der Waals surface area (Å²) in [5, 5.41) is 2.72. The molecule has 1 saturated carbocycles. The van der Waals surface area contributed by atoms with Crippen molar-refractivity contribution in [2.75, 3.05) is 13.1 Å². The highest BCUT2D eigenvalue weighted by Crippen LogP contribution is 2.45. The van der Waals surface area contributed by atoms with E-state index in [2.05, 4.69) is 12.2 Å². The fourth-order valence-electron chi connectivity index (χ4n) is 3.45. The SMILES string of the molecule is CCC1(CN2C(=O)CNC(=O)C2c2ccccc2)CCC1. The Hall–Kier alpha value is -1.84. The predicted molar refractivity (Wildman–Crippen MR) is 80.5 cm³/mol. The Bertz CT molecular complexity index is 531. The van der Waals surface area contributed by atoms with Gasteiger partial charge in [0.2, 0.25) is 11.8 Å². The van der Waals surface area contributed by atoms with Gasteiger partial charge in [-0.2, -0.15) is 0 Å². The highest BCUT2D eigenvalue weighted by atomic mass is 16.2. The minimum absolute atomic E-state index is 0.0307. The number of piperazine rings is 1. The summed E-state index contributed by atoms with van der Waals surface area (Å²) in [6.07, 6.45) is 4.63. The first-order valence-corrected chi connectivity index (χ1v) is 7.77. The quantitative estimate of drug-likeness (QED) is 0.923. The Morgan fingerprint density at radius 2 is 1.95 bits per heavy atom. The van der Waals surface area contributed by atoms with Crippen LogP contribution >= 0.6 is 0 Å². The molecule has 1 atom stereocenters. The van der Waals surface area contributed by atoms with Crippen LogP contribution in [0.4, 0.5) is 0 Å². The van der Waals surface area contributed by atoms with Crippen LogP contribution < -0.4 is 5.32 Å². The normalized spacial score (nSPS) is 24.4. The van der Waals surface area contributed by atoms with E-state index >= 15 is 0 Å². The maximum absolute atomic E-state index is 12.4. The third-order valence-corrected chi connectivity index (χ3v) is 5.08. The summed E-state index contributed by atoms with van der Waals surface area (Å²) in [6.45, 7) is 3.02. The highest BCUT2D eigenvalue weighted by Gasteiger charge is 2.43. The van der Waals surface area contributed by atoms with E-state index in [1.165, 1.54) is 6.42 Å². The Balaban J connectivity index is 1.89. The first-order chi connectivity index (χ1) is 10.2. The molecule has 1 aromatic carbocycles. The van der Waals surface area contributed by atoms with Crippen LogP contribution in [0.25, 0.3) is 0 Å². The molecule has 0 bridgehead atoms. The summed E-state index contributed by atoms with van der Waals surface area (Å²) in [7, 11) is 0. The van der Waals surface area contributed by atoms with Gasteiger partial charge < -0.3 is 10.2 Å². The maximum atomic E-state index is 12.4. The van der Waals surface area contributed by atoms with Gasteiger partial charge in [0, 0.05) is 6.54 Å². The van der Waals surface area contributed by atoms with Gasteiger partial charge in [-0.25, -0.2) is 0 Å². The number of hydrogen-bond acceptors (Lipinski definition) is 2. The Labute approximate surface area is 125 Å². The monoisotopic (exact) mass is 286 g/mol. The number of hydrogen-bond donors (Lipinski definition) is 1. The molecule has 2 fully saturated rings. The number of nitrogens with one attached hydrogen (secondary N) is 1. The zero-order valence-corrected chi connectivity index (χ0v) is 12.5. The van der Waals surface area contributed by atoms with Gasteiger partial charge in [0.25, 0.3) is 0 Å². The van der Waals surface area contributed by atoms with Crippen LogP contribution in [0.2, 0.25) is 0 Å². The van der Waals surface area contributed by atoms with E-state index in [9.17, 15) is 9.59 Å². The molecular weight excluding hydrogens is 264 g/mol. The number of amides is 2. The van der Waals surface area contributed by atoms with Crippen molar-refractivity contribution in [2.45, 2.75) is 38.6 Å². The number of carbonyl (C=O) groups excluding carboxylic acids is 2. The van der Waals surface area contributed by atoms with Crippen LogP contribution in [0.1, 0.15) is 44.2 Å². The van der Waals surface area contributed by atoms with Crippen molar-refractivity contribution in [3.8, 4) is 0 Å². The Morgan fingerprint density at radius 3 is 2.52 bits per heavy atom. The molecular formula is C17H22N2O2. The first-order valence-electron chi connectivity index (χ1n) is 7.77. The molecule has 2 amide bonds. The standard InChI is InChI=1S/C17H22N2O2/c1-2-17(9-6-10-17)12-19-14(20)11-18-16(21)15(19)13-7-4-3-5-8-13/h3-5,7-8,15H,2,6,9-12H2,1H3,(H,18,21). The molecule has 1 heterocycles. The van der Waals surface area contributed by atoms with Crippen LogP contribution in [-0.4, -0.2) is 29.8 Å². The van der Waals surface area contributed by atoms with Crippen LogP contribution in [0.3, 0.4) is 0 Å². The molecule has 1 aromatic rings. The van der Waals surface area contributed by atoms with Crippen molar-refractivity contribution < 1.29 is 9.59 Å². The number of benzene rings is 1. The molecule has 1 unspecified atom stereocenters. The third kappa shape index (κ3) is 2.55. The van der Waals surface area contributed by atoms with Crippen LogP contribution in [-0.2, 0) is 9.59 Å². The molecule has 1 aliphatic heterocycles. The molecule has 4 nitrogen and oxygen atoms in total. The molecule has 4 heteroatoms. The third-order valence-electron chi connectivity index (χ3n) is 5.08. The lowest BCUT2D eigenvalue weighted by atomic mass is 9.66. The molecule has 1 saturated heterocycles. The summed E-state index contributed by atoms with van der Waals surface area (Å²) in [4.78, 5) is 26.5. The molecule has 0 spiro atoms. The lowest BCUT2D eigenvalue weighted by molar-refractivity contribution is -0.149. The fraction of sp³-hybridized carbons (Fsp3) is 0.529.